The van der Waals surface area contributed by atoms with Crippen LogP contribution in [-0.2, 0) is 5.41 Å². The number of nitrogens with zero attached hydrogens (tertiary/aromatic N) is 1. The van der Waals surface area contributed by atoms with E-state index in [1.165, 1.54) is 82.8 Å². The molecule has 42 heavy (non-hydrogen) atoms. The van der Waals surface area contributed by atoms with Crippen LogP contribution in [0.15, 0.2) is 152 Å². The molecular formula is C41H25N. The van der Waals surface area contributed by atoms with Crippen LogP contribution in [0.1, 0.15) is 22.3 Å². The Hall–Kier alpha value is -5.40. The number of hydrogen-bond acceptors (Lipinski definition) is 0. The molecule has 0 saturated carbocycles. The van der Waals surface area contributed by atoms with Gasteiger partial charge in [0.05, 0.1) is 16.4 Å². The van der Waals surface area contributed by atoms with Crippen LogP contribution in [0.3, 0.4) is 0 Å². The van der Waals surface area contributed by atoms with Crippen LogP contribution in [-0.4, -0.2) is 4.57 Å². The van der Waals surface area contributed by atoms with Crippen LogP contribution in [0, 0.1) is 0 Å². The van der Waals surface area contributed by atoms with E-state index in [9.17, 15) is 0 Å². The molecule has 194 valence electrons. The lowest BCUT2D eigenvalue weighted by Gasteiger charge is -2.31. The maximum Gasteiger partial charge on any atom is 0.0731 e. The number of aromatic nitrogens is 1. The van der Waals surface area contributed by atoms with Crippen molar-refractivity contribution < 1.29 is 0 Å². The number of benzene rings is 7. The smallest absolute Gasteiger partial charge is 0.0731 e. The minimum atomic E-state index is -0.363. The third kappa shape index (κ3) is 2.56. The number of fused-ring (bicyclic) bond motifs is 15. The molecule has 0 aliphatic heterocycles. The lowest BCUT2D eigenvalue weighted by Crippen LogP contribution is -2.26. The summed E-state index contributed by atoms with van der Waals surface area (Å²) in [4.78, 5) is 0. The minimum Gasteiger partial charge on any atom is -0.309 e. The molecule has 2 aliphatic carbocycles. The normalized spacial score (nSPS) is 13.9. The van der Waals surface area contributed by atoms with Crippen LogP contribution in [0.25, 0.3) is 60.5 Å². The highest BCUT2D eigenvalue weighted by Crippen LogP contribution is 2.64. The summed E-state index contributed by atoms with van der Waals surface area (Å²) in [6.07, 6.45) is 0. The lowest BCUT2D eigenvalue weighted by atomic mass is 9.69. The predicted octanol–water partition coefficient (Wildman–Crippen LogP) is 10.3. The molecule has 7 aromatic carbocycles. The van der Waals surface area contributed by atoms with Crippen molar-refractivity contribution in [3.63, 3.8) is 0 Å². The molecule has 0 amide bonds. The van der Waals surface area contributed by atoms with Gasteiger partial charge in [0.25, 0.3) is 0 Å². The van der Waals surface area contributed by atoms with E-state index in [0.717, 1.165) is 0 Å². The van der Waals surface area contributed by atoms with Crippen LogP contribution in [0.5, 0.6) is 0 Å². The summed E-state index contributed by atoms with van der Waals surface area (Å²) >= 11 is 0. The molecule has 0 atom stereocenters. The van der Waals surface area contributed by atoms with Gasteiger partial charge in [-0.3, -0.25) is 0 Å². The Morgan fingerprint density at radius 3 is 1.45 bits per heavy atom. The lowest BCUT2D eigenvalue weighted by molar-refractivity contribution is 0.801. The Balaban J connectivity index is 1.38. The molecule has 0 radical (unpaired) electrons. The fourth-order valence-electron chi connectivity index (χ4n) is 8.25. The van der Waals surface area contributed by atoms with Gasteiger partial charge in [0, 0.05) is 16.5 Å². The van der Waals surface area contributed by atoms with Crippen molar-refractivity contribution in [2.24, 2.45) is 0 Å². The van der Waals surface area contributed by atoms with Gasteiger partial charge in [-0.1, -0.05) is 127 Å². The van der Waals surface area contributed by atoms with E-state index in [1.807, 2.05) is 0 Å². The summed E-state index contributed by atoms with van der Waals surface area (Å²) in [7, 11) is 0. The second-order valence-corrected chi connectivity index (χ2v) is 11.7. The summed E-state index contributed by atoms with van der Waals surface area (Å²) in [6, 6.07) is 56.4. The molecule has 1 spiro atoms. The van der Waals surface area contributed by atoms with Gasteiger partial charge in [-0.25, -0.2) is 0 Å². The Kier molecular flexibility index (Phi) is 4.18. The van der Waals surface area contributed by atoms with Crippen molar-refractivity contribution in [3.05, 3.63) is 174 Å². The van der Waals surface area contributed by atoms with Crippen molar-refractivity contribution in [2.75, 3.05) is 0 Å². The van der Waals surface area contributed by atoms with E-state index >= 15 is 0 Å². The zero-order valence-corrected chi connectivity index (χ0v) is 22.9. The predicted molar refractivity (Wildman–Crippen MR) is 175 cm³/mol. The maximum absolute atomic E-state index is 2.45. The summed E-state index contributed by atoms with van der Waals surface area (Å²) in [5, 5.41) is 5.16. The maximum atomic E-state index is 2.45. The molecule has 1 heteroatoms. The van der Waals surface area contributed by atoms with E-state index in [0.29, 0.717) is 0 Å². The quantitative estimate of drug-likeness (QED) is 0.199. The van der Waals surface area contributed by atoms with Crippen LogP contribution in [0.2, 0.25) is 0 Å². The minimum absolute atomic E-state index is 0.363. The van der Waals surface area contributed by atoms with Crippen molar-refractivity contribution in [1.29, 1.82) is 0 Å². The zero-order valence-electron chi connectivity index (χ0n) is 22.9. The highest BCUT2D eigenvalue weighted by Gasteiger charge is 2.52. The van der Waals surface area contributed by atoms with Crippen LogP contribution in [0.4, 0.5) is 0 Å². The molecule has 1 heterocycles. The summed E-state index contributed by atoms with van der Waals surface area (Å²) in [5.41, 5.74) is 14.2. The first-order valence-corrected chi connectivity index (χ1v) is 14.7. The van der Waals surface area contributed by atoms with Crippen LogP contribution >= 0.6 is 0 Å². The molecule has 10 rings (SSSR count). The Labute approximate surface area is 243 Å². The molecule has 0 unspecified atom stereocenters. The molecule has 0 saturated heterocycles. The number of rotatable bonds is 1. The van der Waals surface area contributed by atoms with Gasteiger partial charge in [-0.15, -0.1) is 0 Å². The first-order chi connectivity index (χ1) is 20.9. The molecule has 1 nitrogen and oxygen atoms in total. The second kappa shape index (κ2) is 7.87. The molecule has 0 fully saturated rings. The largest absolute Gasteiger partial charge is 0.309 e. The molecule has 2 aliphatic rings. The van der Waals surface area contributed by atoms with Crippen molar-refractivity contribution in [3.8, 4) is 27.9 Å². The van der Waals surface area contributed by atoms with E-state index in [4.69, 9.17) is 0 Å². The number of para-hydroxylation sites is 2. The van der Waals surface area contributed by atoms with Crippen LogP contribution < -0.4 is 0 Å². The highest BCUT2D eigenvalue weighted by molar-refractivity contribution is 6.10. The van der Waals surface area contributed by atoms with E-state index in [1.54, 1.807) is 0 Å². The third-order valence-electron chi connectivity index (χ3n) is 9.79. The Morgan fingerprint density at radius 1 is 0.381 bits per heavy atom. The molecule has 8 aromatic rings. The summed E-state index contributed by atoms with van der Waals surface area (Å²) < 4.78 is 2.44. The van der Waals surface area contributed by atoms with E-state index in [2.05, 4.69) is 156 Å². The number of hydrogen-bond donors (Lipinski definition) is 0. The van der Waals surface area contributed by atoms with Crippen molar-refractivity contribution in [2.45, 2.75) is 5.41 Å². The van der Waals surface area contributed by atoms with Gasteiger partial charge in [0.2, 0.25) is 0 Å². The molecule has 0 N–H and O–H groups in total. The Morgan fingerprint density at radius 2 is 0.857 bits per heavy atom. The molecular weight excluding hydrogens is 506 g/mol. The Bertz CT molecular complexity index is 2300. The third-order valence-corrected chi connectivity index (χ3v) is 9.79. The first-order valence-electron chi connectivity index (χ1n) is 14.7. The van der Waals surface area contributed by atoms with Gasteiger partial charge < -0.3 is 4.57 Å². The molecule has 1 aromatic heterocycles. The average Bonchev–Trinajstić information content (AvgIpc) is 3.67. The van der Waals surface area contributed by atoms with Gasteiger partial charge in [0.1, 0.15) is 0 Å². The topological polar surface area (TPSA) is 4.93 Å². The van der Waals surface area contributed by atoms with Gasteiger partial charge in [-0.2, -0.15) is 0 Å². The average molecular weight is 532 g/mol. The van der Waals surface area contributed by atoms with E-state index in [-0.39, 0.29) is 5.41 Å². The monoisotopic (exact) mass is 531 g/mol. The van der Waals surface area contributed by atoms with E-state index < -0.39 is 0 Å². The fourth-order valence-corrected chi connectivity index (χ4v) is 8.25. The van der Waals surface area contributed by atoms with Gasteiger partial charge >= 0.3 is 0 Å². The van der Waals surface area contributed by atoms with Gasteiger partial charge in [-0.05, 0) is 79.5 Å². The highest BCUT2D eigenvalue weighted by atomic mass is 15.0. The fraction of sp³-hybridized carbons (Fsp3) is 0.0244. The SMILES string of the molecule is c1ccc2c(c1)-c1ccccc1C21c2ccccc2-c2ccc3ccc(-n4c5ccccc5c5ccccc54)cc3c21. The summed E-state index contributed by atoms with van der Waals surface area (Å²) in [6.45, 7) is 0. The van der Waals surface area contributed by atoms with Crippen molar-refractivity contribution >= 4 is 32.6 Å². The van der Waals surface area contributed by atoms with Gasteiger partial charge in [0.15, 0.2) is 0 Å². The second-order valence-electron chi connectivity index (χ2n) is 11.7. The first kappa shape index (κ1) is 22.3. The van der Waals surface area contributed by atoms with Crippen molar-refractivity contribution in [1.82, 2.24) is 4.57 Å². The summed E-state index contributed by atoms with van der Waals surface area (Å²) in [5.74, 6) is 0. The standard InChI is InChI=1S/C41H25N/c1-6-16-35-28(11-1)29-12-2-7-17-36(29)41(35)37-18-8-3-13-30(37)33-24-22-26-21-23-27(25-34(26)40(33)41)42-38-19-9-4-14-31(38)32-15-5-10-20-39(32)42/h1-25H. The zero-order chi connectivity index (χ0) is 27.4. The molecule has 0 bridgehead atoms.